The summed E-state index contributed by atoms with van der Waals surface area (Å²) in [6, 6.07) is 5.62. The highest BCUT2D eigenvalue weighted by atomic mass is 16.5. The highest BCUT2D eigenvalue weighted by Crippen LogP contribution is 2.29. The first-order valence-corrected chi connectivity index (χ1v) is 8.47. The van der Waals surface area contributed by atoms with Crippen LogP contribution in [0.15, 0.2) is 23.0 Å². The third-order valence-corrected chi connectivity index (χ3v) is 4.33. The molecule has 2 rings (SSSR count). The number of fused-ring (bicyclic) bond motifs is 1. The summed E-state index contributed by atoms with van der Waals surface area (Å²) in [6.07, 6.45) is 0. The fourth-order valence-electron chi connectivity index (χ4n) is 2.67. The minimum Gasteiger partial charge on any atom is -0.465 e. The van der Waals surface area contributed by atoms with Crippen LogP contribution in [0.5, 0.6) is 0 Å². The number of carbonyl (C=O) groups is 1. The Hall–Kier alpha value is -2.21. The predicted molar refractivity (Wildman–Crippen MR) is 96.8 cm³/mol. The van der Waals surface area contributed by atoms with Crippen molar-refractivity contribution in [1.29, 1.82) is 0 Å². The zero-order valence-corrected chi connectivity index (χ0v) is 15.8. The van der Waals surface area contributed by atoms with E-state index in [4.69, 9.17) is 9.47 Å². The van der Waals surface area contributed by atoms with Gasteiger partial charge in [0, 0.05) is 12.5 Å². The van der Waals surface area contributed by atoms with Gasteiger partial charge in [0.15, 0.2) is 0 Å². The van der Waals surface area contributed by atoms with E-state index in [2.05, 4.69) is 5.10 Å². The monoisotopic (exact) mass is 346 g/mol. The molecule has 136 valence electrons. The quantitative estimate of drug-likeness (QED) is 0.752. The van der Waals surface area contributed by atoms with Gasteiger partial charge in [0.1, 0.15) is 6.54 Å². The van der Waals surface area contributed by atoms with Gasteiger partial charge < -0.3 is 9.47 Å². The Morgan fingerprint density at radius 3 is 2.52 bits per heavy atom. The summed E-state index contributed by atoms with van der Waals surface area (Å²) < 4.78 is 11.7. The summed E-state index contributed by atoms with van der Waals surface area (Å²) >= 11 is 0. The van der Waals surface area contributed by atoms with Crippen molar-refractivity contribution in [3.8, 4) is 0 Å². The predicted octanol–water partition coefficient (Wildman–Crippen LogP) is 2.96. The lowest BCUT2D eigenvalue weighted by Gasteiger charge is -2.24. The van der Waals surface area contributed by atoms with Crippen molar-refractivity contribution in [2.45, 2.75) is 52.7 Å². The van der Waals surface area contributed by atoms with Crippen LogP contribution in [0.4, 0.5) is 0 Å². The second kappa shape index (κ2) is 7.35. The van der Waals surface area contributed by atoms with Crippen molar-refractivity contribution in [2.24, 2.45) is 0 Å². The maximum absolute atomic E-state index is 12.7. The highest BCUT2D eigenvalue weighted by molar-refractivity contribution is 5.85. The van der Waals surface area contributed by atoms with Gasteiger partial charge in [0.05, 0.1) is 23.3 Å². The van der Waals surface area contributed by atoms with Gasteiger partial charge in [-0.3, -0.25) is 9.59 Å². The van der Waals surface area contributed by atoms with Crippen molar-refractivity contribution >= 4 is 16.7 Å². The minimum absolute atomic E-state index is 0.0949. The molecule has 6 nitrogen and oxygen atoms in total. The largest absolute Gasteiger partial charge is 0.465 e. The van der Waals surface area contributed by atoms with Crippen molar-refractivity contribution in [3.05, 3.63) is 39.8 Å². The number of esters is 1. The molecule has 0 saturated heterocycles. The van der Waals surface area contributed by atoms with Crippen LogP contribution < -0.4 is 5.56 Å². The molecule has 0 bridgehead atoms. The number of methoxy groups -OCH3 is 1. The third-order valence-electron chi connectivity index (χ3n) is 4.33. The molecule has 0 amide bonds. The SMILES string of the molecule is CCOC(=O)Cn1nc(C(C)C)c2cc(C(C)(C)OC)ccc2c1=O. The molecule has 0 spiro atoms. The Kier molecular flexibility index (Phi) is 5.62. The number of rotatable bonds is 6. The fourth-order valence-corrected chi connectivity index (χ4v) is 2.67. The summed E-state index contributed by atoms with van der Waals surface area (Å²) in [4.78, 5) is 24.5. The molecule has 6 heteroatoms. The first-order chi connectivity index (χ1) is 11.7. The molecule has 1 heterocycles. The van der Waals surface area contributed by atoms with E-state index in [1.54, 1.807) is 20.1 Å². The molecule has 0 aliphatic heterocycles. The van der Waals surface area contributed by atoms with Gasteiger partial charge >= 0.3 is 5.97 Å². The summed E-state index contributed by atoms with van der Waals surface area (Å²) in [5, 5.41) is 5.77. The van der Waals surface area contributed by atoms with Crippen LogP contribution >= 0.6 is 0 Å². The standard InChI is InChI=1S/C19H26N2O4/c1-7-25-16(22)11-21-18(23)14-9-8-13(19(4,5)24-6)10-15(14)17(20-21)12(2)3/h8-10,12H,7,11H2,1-6H3. The Morgan fingerprint density at radius 1 is 1.28 bits per heavy atom. The number of aromatic nitrogens is 2. The van der Waals surface area contributed by atoms with E-state index in [1.165, 1.54) is 4.68 Å². The summed E-state index contributed by atoms with van der Waals surface area (Å²) in [5.74, 6) is -0.374. The average Bonchev–Trinajstić information content (AvgIpc) is 2.56. The normalized spacial score (nSPS) is 12.0. The Labute approximate surface area is 147 Å². The van der Waals surface area contributed by atoms with E-state index in [0.717, 1.165) is 16.6 Å². The molecule has 0 atom stereocenters. The minimum atomic E-state index is -0.470. The van der Waals surface area contributed by atoms with Crippen molar-refractivity contribution in [2.75, 3.05) is 13.7 Å². The lowest BCUT2D eigenvalue weighted by molar-refractivity contribution is -0.144. The number of benzene rings is 1. The van der Waals surface area contributed by atoms with E-state index in [9.17, 15) is 9.59 Å². The van der Waals surface area contributed by atoms with Crippen LogP contribution in [0.3, 0.4) is 0 Å². The number of hydrogen-bond acceptors (Lipinski definition) is 5. The number of ether oxygens (including phenoxy) is 2. The van der Waals surface area contributed by atoms with Gasteiger partial charge in [-0.2, -0.15) is 5.10 Å². The Bertz CT molecular complexity index is 837. The molecule has 2 aromatic rings. The third kappa shape index (κ3) is 3.90. The molecule has 1 aromatic carbocycles. The first-order valence-electron chi connectivity index (χ1n) is 8.47. The molecule has 0 aliphatic carbocycles. The highest BCUT2D eigenvalue weighted by Gasteiger charge is 2.22. The van der Waals surface area contributed by atoms with Crippen LogP contribution in [-0.4, -0.2) is 29.5 Å². The van der Waals surface area contributed by atoms with Gasteiger partial charge in [-0.15, -0.1) is 0 Å². The lowest BCUT2D eigenvalue weighted by atomic mass is 9.93. The topological polar surface area (TPSA) is 70.4 Å². The summed E-state index contributed by atoms with van der Waals surface area (Å²) in [7, 11) is 1.66. The average molecular weight is 346 g/mol. The van der Waals surface area contributed by atoms with E-state index < -0.39 is 11.6 Å². The number of carbonyl (C=O) groups excluding carboxylic acids is 1. The molecule has 1 aromatic heterocycles. The lowest BCUT2D eigenvalue weighted by Crippen LogP contribution is -2.29. The van der Waals surface area contributed by atoms with Crippen LogP contribution in [0, 0.1) is 0 Å². The van der Waals surface area contributed by atoms with E-state index in [1.807, 2.05) is 39.8 Å². The molecular formula is C19H26N2O4. The van der Waals surface area contributed by atoms with E-state index in [-0.39, 0.29) is 24.6 Å². The number of nitrogens with zero attached hydrogens (tertiary/aromatic N) is 2. The van der Waals surface area contributed by atoms with Gasteiger partial charge in [0.25, 0.3) is 5.56 Å². The van der Waals surface area contributed by atoms with Crippen LogP contribution in [0.25, 0.3) is 10.8 Å². The molecule has 0 N–H and O–H groups in total. The number of hydrogen-bond donors (Lipinski definition) is 0. The molecule has 25 heavy (non-hydrogen) atoms. The molecular weight excluding hydrogens is 320 g/mol. The Balaban J connectivity index is 2.67. The van der Waals surface area contributed by atoms with Gasteiger partial charge in [-0.1, -0.05) is 19.9 Å². The molecule has 0 unspecified atom stereocenters. The van der Waals surface area contributed by atoms with Crippen molar-refractivity contribution < 1.29 is 14.3 Å². The van der Waals surface area contributed by atoms with Gasteiger partial charge in [-0.25, -0.2) is 4.68 Å². The zero-order chi connectivity index (χ0) is 18.8. The molecule has 0 radical (unpaired) electrons. The molecule has 0 aliphatic rings. The second-order valence-electron chi connectivity index (χ2n) is 6.78. The van der Waals surface area contributed by atoms with Crippen LogP contribution in [-0.2, 0) is 26.4 Å². The zero-order valence-electron chi connectivity index (χ0n) is 15.8. The first kappa shape index (κ1) is 19.1. The maximum atomic E-state index is 12.7. The summed E-state index contributed by atoms with van der Waals surface area (Å²) in [5.41, 5.74) is 0.970. The van der Waals surface area contributed by atoms with E-state index >= 15 is 0 Å². The second-order valence-corrected chi connectivity index (χ2v) is 6.78. The Morgan fingerprint density at radius 2 is 1.96 bits per heavy atom. The van der Waals surface area contributed by atoms with Gasteiger partial charge in [-0.05, 0) is 44.4 Å². The smallest absolute Gasteiger partial charge is 0.327 e. The van der Waals surface area contributed by atoms with E-state index in [0.29, 0.717) is 5.39 Å². The maximum Gasteiger partial charge on any atom is 0.327 e. The fraction of sp³-hybridized carbons (Fsp3) is 0.526. The van der Waals surface area contributed by atoms with Crippen LogP contribution in [0.1, 0.15) is 51.8 Å². The van der Waals surface area contributed by atoms with Crippen molar-refractivity contribution in [3.63, 3.8) is 0 Å². The molecule has 0 fully saturated rings. The summed E-state index contributed by atoms with van der Waals surface area (Å²) in [6.45, 7) is 9.77. The van der Waals surface area contributed by atoms with Crippen LogP contribution in [0.2, 0.25) is 0 Å². The van der Waals surface area contributed by atoms with Crippen molar-refractivity contribution in [1.82, 2.24) is 9.78 Å². The molecule has 0 saturated carbocycles. The van der Waals surface area contributed by atoms with Gasteiger partial charge in [0.2, 0.25) is 0 Å².